The lowest BCUT2D eigenvalue weighted by atomic mass is 10.1. The summed E-state index contributed by atoms with van der Waals surface area (Å²) in [5, 5.41) is 19.8. The van der Waals surface area contributed by atoms with E-state index in [2.05, 4.69) is 5.32 Å². The lowest BCUT2D eigenvalue weighted by molar-refractivity contribution is -0.132. The summed E-state index contributed by atoms with van der Waals surface area (Å²) < 4.78 is 0. The van der Waals surface area contributed by atoms with Crippen molar-refractivity contribution in [2.45, 2.75) is 6.92 Å². The summed E-state index contributed by atoms with van der Waals surface area (Å²) in [7, 11) is 0. The standard InChI is InChI=1S/C12H10N2O3/c1-8(15)14-11-4-2-9(3-5-11)6-10(7-13)12(16)17/h2-6H,1H3,(H,14,15)(H,16,17). The number of nitrogens with one attached hydrogen (secondary N) is 1. The molecule has 1 amide bonds. The molecule has 0 fully saturated rings. The van der Waals surface area contributed by atoms with Gasteiger partial charge in [-0.15, -0.1) is 0 Å². The minimum atomic E-state index is -1.27. The molecule has 17 heavy (non-hydrogen) atoms. The van der Waals surface area contributed by atoms with Crippen LogP contribution in [-0.2, 0) is 9.59 Å². The maximum atomic E-state index is 10.8. The van der Waals surface area contributed by atoms with Crippen LogP contribution in [0.2, 0.25) is 0 Å². The summed E-state index contributed by atoms with van der Waals surface area (Å²) in [6.07, 6.45) is 1.26. The lowest BCUT2D eigenvalue weighted by Crippen LogP contribution is -2.05. The number of benzene rings is 1. The third kappa shape index (κ3) is 3.80. The fraction of sp³-hybridized carbons (Fsp3) is 0.0833. The van der Waals surface area contributed by atoms with Crippen molar-refractivity contribution in [2.24, 2.45) is 0 Å². The molecule has 0 aromatic heterocycles. The van der Waals surface area contributed by atoms with Crippen molar-refractivity contribution >= 4 is 23.6 Å². The molecule has 0 aliphatic rings. The van der Waals surface area contributed by atoms with E-state index in [1.165, 1.54) is 13.0 Å². The fourth-order valence-corrected chi connectivity index (χ4v) is 1.17. The Morgan fingerprint density at radius 2 is 1.94 bits per heavy atom. The van der Waals surface area contributed by atoms with E-state index in [0.29, 0.717) is 11.3 Å². The highest BCUT2D eigenvalue weighted by Crippen LogP contribution is 2.12. The van der Waals surface area contributed by atoms with Gasteiger partial charge in [0.2, 0.25) is 5.91 Å². The molecule has 5 heteroatoms. The Kier molecular flexibility index (Phi) is 4.01. The summed E-state index contributed by atoms with van der Waals surface area (Å²) in [6.45, 7) is 1.39. The summed E-state index contributed by atoms with van der Waals surface area (Å²) in [6, 6.07) is 8.08. The van der Waals surface area contributed by atoms with Crippen LogP contribution in [0, 0.1) is 11.3 Å². The molecular formula is C12H10N2O3. The molecule has 5 nitrogen and oxygen atoms in total. The molecule has 1 aromatic rings. The van der Waals surface area contributed by atoms with Crippen molar-refractivity contribution in [1.29, 1.82) is 5.26 Å². The number of hydrogen-bond donors (Lipinski definition) is 2. The number of hydrogen-bond acceptors (Lipinski definition) is 3. The van der Waals surface area contributed by atoms with E-state index in [1.54, 1.807) is 30.3 Å². The van der Waals surface area contributed by atoms with Crippen molar-refractivity contribution < 1.29 is 14.7 Å². The highest BCUT2D eigenvalue weighted by Gasteiger charge is 2.05. The van der Waals surface area contributed by atoms with Crippen LogP contribution in [-0.4, -0.2) is 17.0 Å². The highest BCUT2D eigenvalue weighted by atomic mass is 16.4. The van der Waals surface area contributed by atoms with Gasteiger partial charge in [-0.05, 0) is 23.8 Å². The number of carboxylic acids is 1. The van der Waals surface area contributed by atoms with Crippen LogP contribution < -0.4 is 5.32 Å². The van der Waals surface area contributed by atoms with Gasteiger partial charge in [0.1, 0.15) is 11.6 Å². The van der Waals surface area contributed by atoms with Gasteiger partial charge in [-0.25, -0.2) is 4.79 Å². The molecule has 86 valence electrons. The Morgan fingerprint density at radius 3 is 2.35 bits per heavy atom. The molecule has 0 saturated heterocycles. The van der Waals surface area contributed by atoms with Gasteiger partial charge in [-0.1, -0.05) is 12.1 Å². The second kappa shape index (κ2) is 5.47. The molecule has 0 aliphatic heterocycles. The first-order valence-electron chi connectivity index (χ1n) is 4.75. The van der Waals surface area contributed by atoms with E-state index in [-0.39, 0.29) is 11.5 Å². The summed E-state index contributed by atoms with van der Waals surface area (Å²) >= 11 is 0. The van der Waals surface area contributed by atoms with Gasteiger partial charge in [0.05, 0.1) is 0 Å². The number of rotatable bonds is 3. The number of carbonyl (C=O) groups excluding carboxylic acids is 1. The zero-order valence-electron chi connectivity index (χ0n) is 9.10. The topological polar surface area (TPSA) is 90.2 Å². The predicted molar refractivity (Wildman–Crippen MR) is 62.0 cm³/mol. The van der Waals surface area contributed by atoms with Crippen LogP contribution >= 0.6 is 0 Å². The van der Waals surface area contributed by atoms with Gasteiger partial charge in [-0.2, -0.15) is 5.26 Å². The van der Waals surface area contributed by atoms with E-state index in [1.807, 2.05) is 0 Å². The largest absolute Gasteiger partial charge is 0.477 e. The number of aliphatic carboxylic acids is 1. The third-order valence-corrected chi connectivity index (χ3v) is 1.89. The molecular weight excluding hydrogens is 220 g/mol. The van der Waals surface area contributed by atoms with E-state index < -0.39 is 5.97 Å². The van der Waals surface area contributed by atoms with Crippen molar-refractivity contribution in [3.05, 3.63) is 35.4 Å². The molecule has 1 rings (SSSR count). The number of carbonyl (C=O) groups is 2. The second-order valence-corrected chi connectivity index (χ2v) is 3.28. The zero-order valence-corrected chi connectivity index (χ0v) is 9.10. The van der Waals surface area contributed by atoms with E-state index in [4.69, 9.17) is 10.4 Å². The molecule has 0 saturated carbocycles. The maximum absolute atomic E-state index is 10.8. The molecule has 0 atom stereocenters. The van der Waals surface area contributed by atoms with Gasteiger partial charge >= 0.3 is 5.97 Å². The monoisotopic (exact) mass is 230 g/mol. The first kappa shape index (κ1) is 12.5. The summed E-state index contributed by atoms with van der Waals surface area (Å²) in [5.41, 5.74) is 0.860. The van der Waals surface area contributed by atoms with Gasteiger partial charge in [0.15, 0.2) is 0 Å². The molecule has 1 aromatic carbocycles. The average molecular weight is 230 g/mol. The van der Waals surface area contributed by atoms with Crippen LogP contribution in [0.5, 0.6) is 0 Å². The van der Waals surface area contributed by atoms with E-state index in [0.717, 1.165) is 0 Å². The van der Waals surface area contributed by atoms with Gasteiger partial charge < -0.3 is 10.4 Å². The smallest absolute Gasteiger partial charge is 0.346 e. The molecule has 0 radical (unpaired) electrons. The summed E-state index contributed by atoms with van der Waals surface area (Å²) in [4.78, 5) is 21.4. The average Bonchev–Trinajstić information content (AvgIpc) is 2.26. The Bertz CT molecular complexity index is 510. The lowest BCUT2D eigenvalue weighted by Gasteiger charge is -2.01. The Morgan fingerprint density at radius 1 is 1.35 bits per heavy atom. The van der Waals surface area contributed by atoms with Crippen molar-refractivity contribution in [1.82, 2.24) is 0 Å². The fourth-order valence-electron chi connectivity index (χ4n) is 1.17. The van der Waals surface area contributed by atoms with E-state index >= 15 is 0 Å². The van der Waals surface area contributed by atoms with Crippen LogP contribution in [0.3, 0.4) is 0 Å². The minimum Gasteiger partial charge on any atom is -0.477 e. The number of amides is 1. The van der Waals surface area contributed by atoms with Gasteiger partial charge in [0, 0.05) is 12.6 Å². The van der Waals surface area contributed by atoms with Crippen LogP contribution in [0.4, 0.5) is 5.69 Å². The molecule has 0 aliphatic carbocycles. The SMILES string of the molecule is CC(=O)Nc1ccc(C=C(C#N)C(=O)O)cc1. The van der Waals surface area contributed by atoms with Crippen molar-refractivity contribution in [3.8, 4) is 6.07 Å². The Balaban J connectivity index is 2.92. The number of anilines is 1. The van der Waals surface area contributed by atoms with Crippen molar-refractivity contribution in [2.75, 3.05) is 5.32 Å². The normalized spacial score (nSPS) is 10.5. The second-order valence-electron chi connectivity index (χ2n) is 3.28. The van der Waals surface area contributed by atoms with Crippen LogP contribution in [0.1, 0.15) is 12.5 Å². The third-order valence-electron chi connectivity index (χ3n) is 1.89. The molecule has 0 unspecified atom stereocenters. The molecule has 0 heterocycles. The zero-order chi connectivity index (χ0) is 12.8. The molecule has 2 N–H and O–H groups in total. The number of nitriles is 1. The van der Waals surface area contributed by atoms with Gasteiger partial charge in [0.25, 0.3) is 0 Å². The number of carboxylic acid groups (broad SMARTS) is 1. The molecule has 0 bridgehead atoms. The summed E-state index contributed by atoms with van der Waals surface area (Å²) in [5.74, 6) is -1.45. The Hall–Kier alpha value is -2.61. The maximum Gasteiger partial charge on any atom is 0.346 e. The minimum absolute atomic E-state index is 0.184. The number of nitrogens with zero attached hydrogens (tertiary/aromatic N) is 1. The highest BCUT2D eigenvalue weighted by molar-refractivity contribution is 5.96. The van der Waals surface area contributed by atoms with Crippen LogP contribution in [0.25, 0.3) is 6.08 Å². The molecule has 0 spiro atoms. The van der Waals surface area contributed by atoms with Crippen LogP contribution in [0.15, 0.2) is 29.8 Å². The van der Waals surface area contributed by atoms with Gasteiger partial charge in [-0.3, -0.25) is 4.79 Å². The first-order chi connectivity index (χ1) is 8.02. The first-order valence-corrected chi connectivity index (χ1v) is 4.75. The Labute approximate surface area is 98.0 Å². The predicted octanol–water partition coefficient (Wildman–Crippen LogP) is 1.64. The quantitative estimate of drug-likeness (QED) is 0.610. The van der Waals surface area contributed by atoms with Crippen molar-refractivity contribution in [3.63, 3.8) is 0 Å². The van der Waals surface area contributed by atoms with E-state index in [9.17, 15) is 9.59 Å².